The zero-order chi connectivity index (χ0) is 21.2. The molecule has 2 aromatic carbocycles. The Bertz CT molecular complexity index is 632. The van der Waals surface area contributed by atoms with E-state index in [0.29, 0.717) is 12.2 Å². The van der Waals surface area contributed by atoms with Gasteiger partial charge in [-0.25, -0.2) is 4.79 Å². The summed E-state index contributed by atoms with van der Waals surface area (Å²) < 4.78 is 10.5. The molecule has 3 heteroatoms. The Hall–Kier alpha value is -2.29. The third kappa shape index (κ3) is 10.8. The summed E-state index contributed by atoms with van der Waals surface area (Å²) in [5.74, 6) is 0.614. The lowest BCUT2D eigenvalue weighted by atomic mass is 10.1. The van der Waals surface area contributed by atoms with Crippen molar-refractivity contribution in [3.8, 4) is 5.75 Å². The molecule has 28 heavy (non-hydrogen) atoms. The predicted molar refractivity (Wildman–Crippen MR) is 119 cm³/mol. The van der Waals surface area contributed by atoms with Crippen LogP contribution in [0.25, 0.3) is 0 Å². The lowest BCUT2D eigenvalue weighted by Gasteiger charge is -2.08. The van der Waals surface area contributed by atoms with Gasteiger partial charge >= 0.3 is 5.97 Å². The second-order valence-corrected chi connectivity index (χ2v) is 6.25. The second-order valence-electron chi connectivity index (χ2n) is 6.25. The fraction of sp³-hybridized carbons (Fsp3) is 0.480. The summed E-state index contributed by atoms with van der Waals surface area (Å²) in [6, 6.07) is 15.9. The molecule has 0 amide bonds. The maximum absolute atomic E-state index is 11.5. The molecular formula is C25H38O3. The van der Waals surface area contributed by atoms with Crippen LogP contribution >= 0.6 is 0 Å². The Kier molecular flexibility index (Phi) is 15.5. The van der Waals surface area contributed by atoms with E-state index >= 15 is 0 Å². The van der Waals surface area contributed by atoms with E-state index in [0.717, 1.165) is 37.0 Å². The standard InChI is InChI=1S/C20H24O3.C3H8.C2H6/c1-3-6-16-10-12-19(13-11-16)23-14-5-8-17-7-4-9-18(15-17)20(21)22-2;1-3-2;1-2/h4,7,9-13,15H,3,5-6,8,14H2,1-2H3;3H2,1-2H3;1-2H3. The molecule has 0 spiro atoms. The van der Waals surface area contributed by atoms with Crippen LogP contribution in [0.4, 0.5) is 0 Å². The Morgan fingerprint density at radius 2 is 1.54 bits per heavy atom. The summed E-state index contributed by atoms with van der Waals surface area (Å²) in [5.41, 5.74) is 3.06. The summed E-state index contributed by atoms with van der Waals surface area (Å²) in [6.07, 6.45) is 5.29. The van der Waals surface area contributed by atoms with Crippen molar-refractivity contribution in [3.63, 3.8) is 0 Å². The highest BCUT2D eigenvalue weighted by atomic mass is 16.5. The largest absolute Gasteiger partial charge is 0.494 e. The van der Waals surface area contributed by atoms with Crippen molar-refractivity contribution in [2.75, 3.05) is 13.7 Å². The van der Waals surface area contributed by atoms with E-state index in [9.17, 15) is 4.79 Å². The highest BCUT2D eigenvalue weighted by Crippen LogP contribution is 2.14. The number of carbonyl (C=O) groups excluding carboxylic acids is 1. The molecule has 0 aromatic heterocycles. The van der Waals surface area contributed by atoms with Gasteiger partial charge in [0.05, 0.1) is 19.3 Å². The zero-order valence-corrected chi connectivity index (χ0v) is 18.6. The van der Waals surface area contributed by atoms with E-state index in [1.807, 2.05) is 44.2 Å². The van der Waals surface area contributed by atoms with Gasteiger partial charge in [-0.15, -0.1) is 0 Å². The number of hydrogen-bond donors (Lipinski definition) is 0. The summed E-state index contributed by atoms with van der Waals surface area (Å²) in [7, 11) is 1.40. The fourth-order valence-corrected chi connectivity index (χ4v) is 2.48. The molecule has 0 heterocycles. The summed E-state index contributed by atoms with van der Waals surface area (Å²) >= 11 is 0. The van der Waals surface area contributed by atoms with Crippen LogP contribution in [0, 0.1) is 0 Å². The predicted octanol–water partition coefficient (Wildman–Crippen LogP) is 6.88. The molecule has 0 aliphatic carbocycles. The van der Waals surface area contributed by atoms with E-state index in [4.69, 9.17) is 9.47 Å². The van der Waals surface area contributed by atoms with Crippen LogP contribution in [0.5, 0.6) is 5.75 Å². The van der Waals surface area contributed by atoms with Crippen molar-refractivity contribution in [1.82, 2.24) is 0 Å². The molecule has 0 saturated carbocycles. The van der Waals surface area contributed by atoms with E-state index in [-0.39, 0.29) is 5.97 Å². The average Bonchev–Trinajstić information content (AvgIpc) is 2.74. The van der Waals surface area contributed by atoms with Gasteiger partial charge < -0.3 is 9.47 Å². The van der Waals surface area contributed by atoms with Crippen LogP contribution in [-0.2, 0) is 17.6 Å². The molecule has 0 saturated heterocycles. The van der Waals surface area contributed by atoms with Crippen LogP contribution < -0.4 is 4.74 Å². The van der Waals surface area contributed by atoms with E-state index in [1.54, 1.807) is 6.07 Å². The Morgan fingerprint density at radius 1 is 0.893 bits per heavy atom. The summed E-state index contributed by atoms with van der Waals surface area (Å²) in [6.45, 7) is 11.1. The minimum Gasteiger partial charge on any atom is -0.494 e. The highest BCUT2D eigenvalue weighted by Gasteiger charge is 2.05. The Morgan fingerprint density at radius 3 is 2.11 bits per heavy atom. The molecular weight excluding hydrogens is 348 g/mol. The third-order valence-corrected chi connectivity index (χ3v) is 3.69. The Balaban J connectivity index is 0.00000133. The van der Waals surface area contributed by atoms with Crippen LogP contribution in [0.3, 0.4) is 0 Å². The minimum atomic E-state index is -0.296. The van der Waals surface area contributed by atoms with Crippen molar-refractivity contribution in [2.24, 2.45) is 0 Å². The quantitative estimate of drug-likeness (QED) is 0.366. The molecule has 156 valence electrons. The number of hydrogen-bond acceptors (Lipinski definition) is 3. The van der Waals surface area contributed by atoms with E-state index in [1.165, 1.54) is 19.1 Å². The van der Waals surface area contributed by atoms with Gasteiger partial charge in [-0.2, -0.15) is 0 Å². The molecule has 0 N–H and O–H groups in total. The van der Waals surface area contributed by atoms with Gasteiger partial charge in [0.2, 0.25) is 0 Å². The normalized spacial score (nSPS) is 9.36. The van der Waals surface area contributed by atoms with Crippen LogP contribution in [0.15, 0.2) is 48.5 Å². The first-order chi connectivity index (χ1) is 13.6. The number of carbonyl (C=O) groups is 1. The lowest BCUT2D eigenvalue weighted by Crippen LogP contribution is -2.03. The fourth-order valence-electron chi connectivity index (χ4n) is 2.48. The molecule has 2 aromatic rings. The van der Waals surface area contributed by atoms with Gasteiger partial charge in [-0.05, 0) is 54.7 Å². The molecule has 0 unspecified atom stereocenters. The van der Waals surface area contributed by atoms with Gasteiger partial charge in [0.15, 0.2) is 0 Å². The van der Waals surface area contributed by atoms with E-state index < -0.39 is 0 Å². The summed E-state index contributed by atoms with van der Waals surface area (Å²) in [5, 5.41) is 0. The van der Waals surface area contributed by atoms with Crippen LogP contribution in [-0.4, -0.2) is 19.7 Å². The SMILES string of the molecule is CC.CCC.CCCc1ccc(OCCCc2cccc(C(=O)OC)c2)cc1. The molecule has 0 fully saturated rings. The van der Waals surface area contributed by atoms with E-state index in [2.05, 4.69) is 32.9 Å². The van der Waals surface area contributed by atoms with Gasteiger partial charge in [-0.3, -0.25) is 0 Å². The minimum absolute atomic E-state index is 0.296. The number of aryl methyl sites for hydroxylation is 2. The molecule has 3 nitrogen and oxygen atoms in total. The first-order valence-electron chi connectivity index (χ1n) is 10.5. The van der Waals surface area contributed by atoms with Crippen molar-refractivity contribution in [3.05, 3.63) is 65.2 Å². The van der Waals surface area contributed by atoms with Gasteiger partial charge in [-0.1, -0.05) is 71.7 Å². The molecule has 0 atom stereocenters. The molecule has 0 aliphatic heterocycles. The molecule has 0 radical (unpaired) electrons. The molecule has 2 rings (SSSR count). The van der Waals surface area contributed by atoms with Gasteiger partial charge in [0.1, 0.15) is 5.75 Å². The van der Waals surface area contributed by atoms with Crippen LogP contribution in [0.2, 0.25) is 0 Å². The monoisotopic (exact) mass is 386 g/mol. The third-order valence-electron chi connectivity index (χ3n) is 3.69. The number of rotatable bonds is 8. The average molecular weight is 387 g/mol. The maximum Gasteiger partial charge on any atom is 0.337 e. The second kappa shape index (κ2) is 16.9. The highest BCUT2D eigenvalue weighted by molar-refractivity contribution is 5.89. The molecule has 0 aliphatic rings. The first kappa shape index (κ1) is 25.7. The molecule has 0 bridgehead atoms. The maximum atomic E-state index is 11.5. The number of benzene rings is 2. The van der Waals surface area contributed by atoms with Gasteiger partial charge in [0, 0.05) is 0 Å². The van der Waals surface area contributed by atoms with Crippen molar-refractivity contribution < 1.29 is 14.3 Å². The number of esters is 1. The summed E-state index contributed by atoms with van der Waals surface area (Å²) in [4.78, 5) is 11.5. The van der Waals surface area contributed by atoms with Crippen molar-refractivity contribution in [2.45, 2.75) is 66.7 Å². The van der Waals surface area contributed by atoms with Crippen molar-refractivity contribution >= 4 is 5.97 Å². The zero-order valence-electron chi connectivity index (χ0n) is 18.6. The topological polar surface area (TPSA) is 35.5 Å². The number of ether oxygens (including phenoxy) is 2. The number of methoxy groups -OCH3 is 1. The smallest absolute Gasteiger partial charge is 0.337 e. The lowest BCUT2D eigenvalue weighted by molar-refractivity contribution is 0.0600. The Labute approximate surface area is 172 Å². The first-order valence-corrected chi connectivity index (χ1v) is 10.5. The van der Waals surface area contributed by atoms with Crippen LogP contribution in [0.1, 0.15) is 75.4 Å². The van der Waals surface area contributed by atoms with Gasteiger partial charge in [0.25, 0.3) is 0 Å². The van der Waals surface area contributed by atoms with Crippen molar-refractivity contribution in [1.29, 1.82) is 0 Å².